The van der Waals surface area contributed by atoms with Crippen LogP contribution in [0.4, 0.5) is 16.0 Å². The molecule has 1 N–H and O–H groups in total. The van der Waals surface area contributed by atoms with Crippen LogP contribution in [0.25, 0.3) is 11.1 Å². The highest BCUT2D eigenvalue weighted by Crippen LogP contribution is 2.19. The summed E-state index contributed by atoms with van der Waals surface area (Å²) in [7, 11) is 0. The first kappa shape index (κ1) is 12.3. The third-order valence-electron chi connectivity index (χ3n) is 2.84. The van der Waals surface area contributed by atoms with Gasteiger partial charge >= 0.3 is 0 Å². The van der Waals surface area contributed by atoms with Crippen molar-refractivity contribution in [1.29, 1.82) is 0 Å². The summed E-state index contributed by atoms with van der Waals surface area (Å²) in [5, 5.41) is 2.96. The molecule has 3 aromatic rings. The van der Waals surface area contributed by atoms with E-state index < -0.39 is 0 Å². The summed E-state index contributed by atoms with van der Waals surface area (Å²) in [5.41, 5.74) is 2.62. The minimum Gasteiger partial charge on any atom is -0.324 e. The van der Waals surface area contributed by atoms with Gasteiger partial charge in [0, 0.05) is 23.6 Å². The maximum atomic E-state index is 13.1. The highest BCUT2D eigenvalue weighted by Gasteiger charge is 2.01. The molecular weight excluding hydrogens is 253 g/mol. The average molecular weight is 265 g/mol. The van der Waals surface area contributed by atoms with Gasteiger partial charge in [-0.25, -0.2) is 14.4 Å². The largest absolute Gasteiger partial charge is 0.324 e. The zero-order valence-electron chi connectivity index (χ0n) is 10.6. The molecule has 3 rings (SSSR count). The molecule has 0 unspecified atom stereocenters. The van der Waals surface area contributed by atoms with E-state index in [1.54, 1.807) is 24.5 Å². The Balaban J connectivity index is 1.80. The summed E-state index contributed by atoms with van der Waals surface area (Å²) in [6, 6.07) is 16.1. The highest BCUT2D eigenvalue weighted by atomic mass is 19.1. The van der Waals surface area contributed by atoms with E-state index in [1.165, 1.54) is 12.1 Å². The molecule has 0 aliphatic carbocycles. The first-order chi connectivity index (χ1) is 9.81. The molecule has 0 aliphatic heterocycles. The molecule has 0 radical (unpaired) electrons. The fourth-order valence-electron chi connectivity index (χ4n) is 1.87. The van der Waals surface area contributed by atoms with Crippen LogP contribution in [-0.4, -0.2) is 9.97 Å². The minimum atomic E-state index is -0.295. The normalized spacial score (nSPS) is 10.2. The molecule has 98 valence electrons. The van der Waals surface area contributed by atoms with Crippen molar-refractivity contribution in [2.24, 2.45) is 0 Å². The third kappa shape index (κ3) is 2.80. The van der Waals surface area contributed by atoms with Crippen molar-refractivity contribution >= 4 is 11.6 Å². The molecule has 3 nitrogen and oxygen atoms in total. The third-order valence-corrected chi connectivity index (χ3v) is 2.84. The second kappa shape index (κ2) is 5.48. The van der Waals surface area contributed by atoms with Gasteiger partial charge in [-0.2, -0.15) is 0 Å². The number of hydrogen-bond acceptors (Lipinski definition) is 3. The summed E-state index contributed by atoms with van der Waals surface area (Å²) < 4.78 is 13.1. The predicted octanol–water partition coefficient (Wildman–Crippen LogP) is 4.03. The Hall–Kier alpha value is -2.75. The molecule has 1 aromatic heterocycles. The maximum absolute atomic E-state index is 13.1. The van der Waals surface area contributed by atoms with E-state index in [4.69, 9.17) is 0 Å². The monoisotopic (exact) mass is 265 g/mol. The van der Waals surface area contributed by atoms with E-state index in [-0.39, 0.29) is 5.82 Å². The van der Waals surface area contributed by atoms with Crippen molar-refractivity contribution in [3.8, 4) is 11.1 Å². The van der Waals surface area contributed by atoms with Crippen molar-refractivity contribution < 1.29 is 4.39 Å². The second-order valence-corrected chi connectivity index (χ2v) is 4.30. The van der Waals surface area contributed by atoms with Gasteiger partial charge in [0.1, 0.15) is 5.82 Å². The van der Waals surface area contributed by atoms with Gasteiger partial charge in [0.05, 0.1) is 0 Å². The van der Waals surface area contributed by atoms with Crippen LogP contribution in [0.15, 0.2) is 67.0 Å². The number of nitrogens with one attached hydrogen (secondary N) is 1. The molecule has 0 spiro atoms. The number of hydrogen-bond donors (Lipinski definition) is 1. The maximum Gasteiger partial charge on any atom is 0.227 e. The van der Waals surface area contributed by atoms with Gasteiger partial charge < -0.3 is 5.32 Å². The smallest absolute Gasteiger partial charge is 0.227 e. The Morgan fingerprint density at radius 1 is 0.800 bits per heavy atom. The first-order valence-electron chi connectivity index (χ1n) is 6.21. The SMILES string of the molecule is Fc1cccc(Nc2ncc(-c3ccccc3)cn2)c1. The van der Waals surface area contributed by atoms with Crippen LogP contribution in [0.5, 0.6) is 0 Å². The first-order valence-corrected chi connectivity index (χ1v) is 6.21. The summed E-state index contributed by atoms with van der Waals surface area (Å²) >= 11 is 0. The standard InChI is InChI=1S/C16H12FN3/c17-14-7-4-8-15(9-14)20-16-18-10-13(11-19-16)12-5-2-1-3-6-12/h1-11H,(H,18,19,20). The van der Waals surface area contributed by atoms with Gasteiger partial charge in [0.25, 0.3) is 0 Å². The van der Waals surface area contributed by atoms with Crippen LogP contribution in [0.1, 0.15) is 0 Å². The van der Waals surface area contributed by atoms with Crippen molar-refractivity contribution in [1.82, 2.24) is 9.97 Å². The van der Waals surface area contributed by atoms with E-state index in [1.807, 2.05) is 30.3 Å². The van der Waals surface area contributed by atoms with Crippen molar-refractivity contribution in [2.45, 2.75) is 0 Å². The molecule has 0 saturated heterocycles. The topological polar surface area (TPSA) is 37.8 Å². The molecule has 0 bridgehead atoms. The van der Waals surface area contributed by atoms with E-state index >= 15 is 0 Å². The van der Waals surface area contributed by atoms with Crippen molar-refractivity contribution in [2.75, 3.05) is 5.32 Å². The van der Waals surface area contributed by atoms with E-state index in [0.717, 1.165) is 11.1 Å². The van der Waals surface area contributed by atoms with Crippen molar-refractivity contribution in [3.63, 3.8) is 0 Å². The van der Waals surface area contributed by atoms with Crippen LogP contribution < -0.4 is 5.32 Å². The fourth-order valence-corrected chi connectivity index (χ4v) is 1.87. The van der Waals surface area contributed by atoms with E-state index in [0.29, 0.717) is 11.6 Å². The molecule has 0 aliphatic rings. The van der Waals surface area contributed by atoms with Gasteiger partial charge in [0.2, 0.25) is 5.95 Å². The number of halogens is 1. The van der Waals surface area contributed by atoms with Crippen LogP contribution in [-0.2, 0) is 0 Å². The van der Waals surface area contributed by atoms with Crippen LogP contribution in [0.3, 0.4) is 0 Å². The highest BCUT2D eigenvalue weighted by molar-refractivity contribution is 5.62. The van der Waals surface area contributed by atoms with Crippen molar-refractivity contribution in [3.05, 3.63) is 72.8 Å². The fraction of sp³-hybridized carbons (Fsp3) is 0. The number of anilines is 2. The number of aromatic nitrogens is 2. The van der Waals surface area contributed by atoms with Crippen LogP contribution >= 0.6 is 0 Å². The van der Waals surface area contributed by atoms with Gasteiger partial charge in [0.15, 0.2) is 0 Å². The van der Waals surface area contributed by atoms with Gasteiger partial charge in [-0.3, -0.25) is 0 Å². The van der Waals surface area contributed by atoms with E-state index in [2.05, 4.69) is 15.3 Å². The average Bonchev–Trinajstić information content (AvgIpc) is 2.49. The number of rotatable bonds is 3. The summed E-state index contributed by atoms with van der Waals surface area (Å²) in [5.74, 6) is 0.145. The van der Waals surface area contributed by atoms with Crippen LogP contribution in [0, 0.1) is 5.82 Å². The lowest BCUT2D eigenvalue weighted by Crippen LogP contribution is -1.97. The number of nitrogens with zero attached hydrogens (tertiary/aromatic N) is 2. The predicted molar refractivity (Wildman–Crippen MR) is 77.2 cm³/mol. The molecule has 1 heterocycles. The molecule has 0 amide bonds. The Labute approximate surface area is 116 Å². The zero-order valence-corrected chi connectivity index (χ0v) is 10.6. The molecular formula is C16H12FN3. The van der Waals surface area contributed by atoms with Gasteiger partial charge in [-0.05, 0) is 23.8 Å². The Morgan fingerprint density at radius 2 is 1.55 bits per heavy atom. The summed E-state index contributed by atoms with van der Waals surface area (Å²) in [6.45, 7) is 0. The molecule has 4 heteroatoms. The van der Waals surface area contributed by atoms with Gasteiger partial charge in [-0.1, -0.05) is 36.4 Å². The summed E-state index contributed by atoms with van der Waals surface area (Å²) in [6.07, 6.45) is 3.48. The summed E-state index contributed by atoms with van der Waals surface area (Å²) in [4.78, 5) is 8.47. The molecule has 0 fully saturated rings. The Kier molecular flexibility index (Phi) is 3.37. The second-order valence-electron chi connectivity index (χ2n) is 4.30. The molecule has 20 heavy (non-hydrogen) atoms. The zero-order chi connectivity index (χ0) is 13.8. The van der Waals surface area contributed by atoms with E-state index in [9.17, 15) is 4.39 Å². The quantitative estimate of drug-likeness (QED) is 0.777. The van der Waals surface area contributed by atoms with Gasteiger partial charge in [-0.15, -0.1) is 0 Å². The minimum absolute atomic E-state index is 0.295. The lowest BCUT2D eigenvalue weighted by atomic mass is 10.1. The number of benzene rings is 2. The molecule has 2 aromatic carbocycles. The lowest BCUT2D eigenvalue weighted by Gasteiger charge is -2.05. The molecule has 0 saturated carbocycles. The Bertz CT molecular complexity index is 696. The Morgan fingerprint density at radius 3 is 2.25 bits per heavy atom. The lowest BCUT2D eigenvalue weighted by molar-refractivity contribution is 0.628. The molecule has 0 atom stereocenters. The van der Waals surface area contributed by atoms with Crippen LogP contribution in [0.2, 0.25) is 0 Å².